The number of amides is 1. The Bertz CT molecular complexity index is 443. The zero-order valence-electron chi connectivity index (χ0n) is 10.7. The third-order valence-electron chi connectivity index (χ3n) is 3.55. The molecule has 3 nitrogen and oxygen atoms in total. The first-order valence-electron chi connectivity index (χ1n) is 6.40. The van der Waals surface area contributed by atoms with Crippen molar-refractivity contribution in [2.24, 2.45) is 5.73 Å². The SMILES string of the molecule is Cc1cc(C(=O)N(CCN)C2CCC2)ccc1F. The molecule has 1 aliphatic rings. The summed E-state index contributed by atoms with van der Waals surface area (Å²) in [7, 11) is 0. The Morgan fingerprint density at radius 1 is 1.50 bits per heavy atom. The van der Waals surface area contributed by atoms with Crippen molar-refractivity contribution >= 4 is 5.91 Å². The lowest BCUT2D eigenvalue weighted by Crippen LogP contribution is -2.46. The Morgan fingerprint density at radius 3 is 2.72 bits per heavy atom. The van der Waals surface area contributed by atoms with Crippen LogP contribution in [-0.4, -0.2) is 29.9 Å². The maximum absolute atomic E-state index is 13.2. The minimum Gasteiger partial charge on any atom is -0.334 e. The molecule has 0 unspecified atom stereocenters. The molecule has 1 aliphatic carbocycles. The molecular formula is C14H19FN2O. The topological polar surface area (TPSA) is 46.3 Å². The van der Waals surface area contributed by atoms with E-state index in [2.05, 4.69) is 0 Å². The third kappa shape index (κ3) is 2.53. The first kappa shape index (κ1) is 13.0. The second kappa shape index (κ2) is 5.48. The summed E-state index contributed by atoms with van der Waals surface area (Å²) in [5.41, 5.74) is 6.61. The van der Waals surface area contributed by atoms with E-state index in [1.54, 1.807) is 19.1 Å². The van der Waals surface area contributed by atoms with E-state index in [9.17, 15) is 9.18 Å². The molecule has 1 amide bonds. The van der Waals surface area contributed by atoms with Gasteiger partial charge in [0.2, 0.25) is 0 Å². The highest BCUT2D eigenvalue weighted by molar-refractivity contribution is 5.94. The Labute approximate surface area is 107 Å². The number of halogens is 1. The van der Waals surface area contributed by atoms with Crippen molar-refractivity contribution in [3.63, 3.8) is 0 Å². The van der Waals surface area contributed by atoms with E-state index in [4.69, 9.17) is 5.73 Å². The van der Waals surface area contributed by atoms with Gasteiger partial charge in [0.1, 0.15) is 5.82 Å². The number of aryl methyl sites for hydroxylation is 1. The lowest BCUT2D eigenvalue weighted by molar-refractivity contribution is 0.0588. The summed E-state index contributed by atoms with van der Waals surface area (Å²) in [5.74, 6) is -0.311. The molecule has 4 heteroatoms. The molecule has 0 aliphatic heterocycles. The molecular weight excluding hydrogens is 231 g/mol. The van der Waals surface area contributed by atoms with Crippen LogP contribution in [0.3, 0.4) is 0 Å². The van der Waals surface area contributed by atoms with Crippen LogP contribution < -0.4 is 5.73 Å². The van der Waals surface area contributed by atoms with Crippen molar-refractivity contribution in [3.8, 4) is 0 Å². The number of carbonyl (C=O) groups excluding carboxylic acids is 1. The number of hydrogen-bond donors (Lipinski definition) is 1. The van der Waals surface area contributed by atoms with Crippen LogP contribution in [0.25, 0.3) is 0 Å². The maximum atomic E-state index is 13.2. The van der Waals surface area contributed by atoms with Crippen molar-refractivity contribution in [2.45, 2.75) is 32.2 Å². The van der Waals surface area contributed by atoms with Crippen molar-refractivity contribution in [1.29, 1.82) is 0 Å². The fourth-order valence-corrected chi connectivity index (χ4v) is 2.23. The van der Waals surface area contributed by atoms with E-state index in [1.807, 2.05) is 4.90 Å². The van der Waals surface area contributed by atoms with Crippen molar-refractivity contribution in [1.82, 2.24) is 4.90 Å². The fraction of sp³-hybridized carbons (Fsp3) is 0.500. The van der Waals surface area contributed by atoms with Crippen LogP contribution in [-0.2, 0) is 0 Å². The Hall–Kier alpha value is -1.42. The quantitative estimate of drug-likeness (QED) is 0.889. The second-order valence-corrected chi connectivity index (χ2v) is 4.84. The molecule has 2 rings (SSSR count). The van der Waals surface area contributed by atoms with Gasteiger partial charge in [-0.3, -0.25) is 4.79 Å². The summed E-state index contributed by atoms with van der Waals surface area (Å²) in [5, 5.41) is 0. The van der Waals surface area contributed by atoms with E-state index in [-0.39, 0.29) is 11.7 Å². The summed E-state index contributed by atoms with van der Waals surface area (Å²) >= 11 is 0. The lowest BCUT2D eigenvalue weighted by atomic mass is 9.91. The predicted octanol–water partition coefficient (Wildman–Crippen LogP) is 2.09. The largest absolute Gasteiger partial charge is 0.334 e. The molecule has 0 saturated heterocycles. The standard InChI is InChI=1S/C14H19FN2O/c1-10-9-11(5-6-13(10)15)14(18)17(8-7-16)12-3-2-4-12/h5-6,9,12H,2-4,7-8,16H2,1H3. The van der Waals surface area contributed by atoms with Crippen LogP contribution in [0.5, 0.6) is 0 Å². The molecule has 1 fully saturated rings. The normalized spacial score (nSPS) is 15.3. The number of benzene rings is 1. The summed E-state index contributed by atoms with van der Waals surface area (Å²) < 4.78 is 13.2. The van der Waals surface area contributed by atoms with E-state index in [1.165, 1.54) is 12.5 Å². The van der Waals surface area contributed by atoms with Gasteiger partial charge in [0.15, 0.2) is 0 Å². The van der Waals surface area contributed by atoms with Gasteiger partial charge in [-0.1, -0.05) is 0 Å². The Balaban J connectivity index is 2.18. The first-order valence-corrected chi connectivity index (χ1v) is 6.40. The summed E-state index contributed by atoms with van der Waals surface area (Å²) in [6, 6.07) is 4.82. The molecule has 1 aromatic rings. The lowest BCUT2D eigenvalue weighted by Gasteiger charge is -2.37. The molecule has 0 heterocycles. The van der Waals surface area contributed by atoms with Crippen LogP contribution in [0, 0.1) is 12.7 Å². The first-order chi connectivity index (χ1) is 8.63. The van der Waals surface area contributed by atoms with Gasteiger partial charge in [-0.15, -0.1) is 0 Å². The van der Waals surface area contributed by atoms with E-state index in [0.29, 0.717) is 30.3 Å². The van der Waals surface area contributed by atoms with Crippen LogP contribution in [0.1, 0.15) is 35.2 Å². The van der Waals surface area contributed by atoms with Crippen LogP contribution in [0.15, 0.2) is 18.2 Å². The molecule has 0 bridgehead atoms. The fourth-order valence-electron chi connectivity index (χ4n) is 2.23. The van der Waals surface area contributed by atoms with Gasteiger partial charge in [-0.05, 0) is 49.9 Å². The maximum Gasteiger partial charge on any atom is 0.254 e. The molecule has 1 saturated carbocycles. The van der Waals surface area contributed by atoms with E-state index in [0.717, 1.165) is 12.8 Å². The van der Waals surface area contributed by atoms with Crippen LogP contribution in [0.4, 0.5) is 4.39 Å². The van der Waals surface area contributed by atoms with Crippen LogP contribution in [0.2, 0.25) is 0 Å². The molecule has 0 aromatic heterocycles. The summed E-state index contributed by atoms with van der Waals surface area (Å²) in [4.78, 5) is 14.2. The Kier molecular flexibility index (Phi) is 3.97. The average Bonchev–Trinajstić information content (AvgIpc) is 2.29. The van der Waals surface area contributed by atoms with Crippen molar-refractivity contribution < 1.29 is 9.18 Å². The number of nitrogens with zero attached hydrogens (tertiary/aromatic N) is 1. The second-order valence-electron chi connectivity index (χ2n) is 4.84. The van der Waals surface area contributed by atoms with Gasteiger partial charge in [-0.25, -0.2) is 4.39 Å². The zero-order valence-corrected chi connectivity index (χ0v) is 10.7. The molecule has 0 atom stereocenters. The van der Waals surface area contributed by atoms with Gasteiger partial charge in [0, 0.05) is 24.7 Å². The number of carbonyl (C=O) groups is 1. The number of nitrogens with two attached hydrogens (primary N) is 1. The monoisotopic (exact) mass is 250 g/mol. The average molecular weight is 250 g/mol. The van der Waals surface area contributed by atoms with Gasteiger partial charge in [0.25, 0.3) is 5.91 Å². The highest BCUT2D eigenvalue weighted by Gasteiger charge is 2.28. The molecule has 0 spiro atoms. The predicted molar refractivity (Wildman–Crippen MR) is 68.9 cm³/mol. The molecule has 98 valence electrons. The minimum absolute atomic E-state index is 0.0340. The van der Waals surface area contributed by atoms with E-state index >= 15 is 0 Å². The van der Waals surface area contributed by atoms with Crippen LogP contribution >= 0.6 is 0 Å². The minimum atomic E-state index is -0.277. The van der Waals surface area contributed by atoms with Crippen molar-refractivity contribution in [3.05, 3.63) is 35.1 Å². The molecule has 18 heavy (non-hydrogen) atoms. The van der Waals surface area contributed by atoms with Gasteiger partial charge in [-0.2, -0.15) is 0 Å². The Morgan fingerprint density at radius 2 is 2.22 bits per heavy atom. The summed E-state index contributed by atoms with van der Waals surface area (Å²) in [6.45, 7) is 2.70. The number of hydrogen-bond acceptors (Lipinski definition) is 2. The highest BCUT2D eigenvalue weighted by Crippen LogP contribution is 2.26. The highest BCUT2D eigenvalue weighted by atomic mass is 19.1. The molecule has 2 N–H and O–H groups in total. The van der Waals surface area contributed by atoms with Gasteiger partial charge in [0.05, 0.1) is 0 Å². The zero-order chi connectivity index (χ0) is 13.1. The van der Waals surface area contributed by atoms with E-state index < -0.39 is 0 Å². The molecule has 0 radical (unpaired) electrons. The third-order valence-corrected chi connectivity index (χ3v) is 3.55. The molecule has 1 aromatic carbocycles. The smallest absolute Gasteiger partial charge is 0.254 e. The van der Waals surface area contributed by atoms with Gasteiger partial charge < -0.3 is 10.6 Å². The van der Waals surface area contributed by atoms with Gasteiger partial charge >= 0.3 is 0 Å². The number of rotatable bonds is 4. The van der Waals surface area contributed by atoms with Crippen molar-refractivity contribution in [2.75, 3.05) is 13.1 Å². The summed E-state index contributed by atoms with van der Waals surface area (Å²) in [6.07, 6.45) is 3.26.